The van der Waals surface area contributed by atoms with Gasteiger partial charge >= 0.3 is 0 Å². The van der Waals surface area contributed by atoms with E-state index in [0.29, 0.717) is 0 Å². The molecule has 0 fully saturated rings. The fourth-order valence-electron chi connectivity index (χ4n) is 7.41. The highest BCUT2D eigenvalue weighted by atomic mass is 16.3. The van der Waals surface area contributed by atoms with Crippen LogP contribution in [0.25, 0.3) is 76.5 Å². The first-order valence-electron chi connectivity index (χ1n) is 17.1. The molecular weight excluding hydrogens is 607 g/mol. The first-order valence-corrected chi connectivity index (χ1v) is 17.1. The van der Waals surface area contributed by atoms with Crippen molar-refractivity contribution >= 4 is 71.3 Å². The van der Waals surface area contributed by atoms with Crippen molar-refractivity contribution in [2.45, 2.75) is 0 Å². The average molecular weight is 638 g/mol. The Hall–Kier alpha value is -6.64. The van der Waals surface area contributed by atoms with Crippen LogP contribution in [0.4, 0.5) is 17.1 Å². The van der Waals surface area contributed by atoms with Crippen LogP contribution in [0, 0.1) is 0 Å². The van der Waals surface area contributed by atoms with Gasteiger partial charge in [0.15, 0.2) is 0 Å². The molecule has 0 aliphatic heterocycles. The maximum Gasteiger partial charge on any atom is 0.135 e. The largest absolute Gasteiger partial charge is 0.456 e. The molecule has 0 amide bonds. The van der Waals surface area contributed by atoms with Crippen molar-refractivity contribution in [1.82, 2.24) is 0 Å². The molecule has 9 aromatic carbocycles. The van der Waals surface area contributed by atoms with E-state index in [-0.39, 0.29) is 0 Å². The number of benzene rings is 9. The fraction of sp³-hybridized carbons (Fsp3) is 0. The van der Waals surface area contributed by atoms with E-state index in [1.807, 2.05) is 12.1 Å². The molecule has 234 valence electrons. The molecule has 0 saturated carbocycles. The number of hydrogen-bond donors (Lipinski definition) is 0. The van der Waals surface area contributed by atoms with Gasteiger partial charge in [0, 0.05) is 27.8 Å². The Labute approximate surface area is 290 Å². The molecule has 0 spiro atoms. The van der Waals surface area contributed by atoms with Gasteiger partial charge in [-0.1, -0.05) is 121 Å². The van der Waals surface area contributed by atoms with Gasteiger partial charge in [-0.15, -0.1) is 0 Å². The van der Waals surface area contributed by atoms with Crippen LogP contribution in [-0.2, 0) is 0 Å². The molecule has 10 aromatic rings. The highest BCUT2D eigenvalue weighted by Crippen LogP contribution is 2.41. The molecule has 0 N–H and O–H groups in total. The predicted octanol–water partition coefficient (Wildman–Crippen LogP) is 13.8. The normalized spacial score (nSPS) is 11.6. The minimum atomic E-state index is 0.891. The SMILES string of the molecule is c1cc(-c2ccc3cc(-c4ccc5ccccc5c4)ccc3c2)cc(N(c2ccc3ccccc3c2)c2ccc3oc4ccccc4c3c2)c1. The number of furan rings is 1. The molecule has 0 aliphatic rings. The maximum atomic E-state index is 6.20. The molecule has 2 nitrogen and oxygen atoms in total. The molecule has 0 saturated heterocycles. The lowest BCUT2D eigenvalue weighted by Gasteiger charge is -2.26. The molecule has 10 rings (SSSR count). The highest BCUT2D eigenvalue weighted by Gasteiger charge is 2.17. The van der Waals surface area contributed by atoms with Crippen molar-refractivity contribution in [2.24, 2.45) is 0 Å². The van der Waals surface area contributed by atoms with E-state index < -0.39 is 0 Å². The van der Waals surface area contributed by atoms with Crippen LogP contribution in [-0.4, -0.2) is 0 Å². The third kappa shape index (κ3) is 4.89. The lowest BCUT2D eigenvalue weighted by molar-refractivity contribution is 0.669. The number of nitrogens with zero attached hydrogens (tertiary/aromatic N) is 1. The zero-order valence-electron chi connectivity index (χ0n) is 27.3. The maximum absolute atomic E-state index is 6.20. The molecule has 0 bridgehead atoms. The van der Waals surface area contributed by atoms with Gasteiger partial charge in [-0.25, -0.2) is 0 Å². The van der Waals surface area contributed by atoms with Gasteiger partial charge in [0.1, 0.15) is 11.2 Å². The molecule has 1 heterocycles. The van der Waals surface area contributed by atoms with Crippen LogP contribution in [0.2, 0.25) is 0 Å². The van der Waals surface area contributed by atoms with Crippen molar-refractivity contribution in [3.8, 4) is 22.3 Å². The van der Waals surface area contributed by atoms with Crippen LogP contribution < -0.4 is 4.90 Å². The van der Waals surface area contributed by atoms with Gasteiger partial charge in [-0.3, -0.25) is 0 Å². The van der Waals surface area contributed by atoms with E-state index in [1.54, 1.807) is 0 Å². The third-order valence-electron chi connectivity index (χ3n) is 9.97. The van der Waals surface area contributed by atoms with Crippen LogP contribution in [0.5, 0.6) is 0 Å². The summed E-state index contributed by atoms with van der Waals surface area (Å²) in [6.07, 6.45) is 0. The predicted molar refractivity (Wildman–Crippen MR) is 212 cm³/mol. The van der Waals surface area contributed by atoms with Crippen molar-refractivity contribution < 1.29 is 4.42 Å². The van der Waals surface area contributed by atoms with Gasteiger partial charge in [0.25, 0.3) is 0 Å². The summed E-state index contributed by atoms with van der Waals surface area (Å²) in [7, 11) is 0. The van der Waals surface area contributed by atoms with Gasteiger partial charge in [-0.05, 0) is 121 Å². The minimum absolute atomic E-state index is 0.891. The lowest BCUT2D eigenvalue weighted by atomic mass is 9.96. The number of para-hydroxylation sites is 1. The zero-order chi connectivity index (χ0) is 33.0. The summed E-state index contributed by atoms with van der Waals surface area (Å²) in [6.45, 7) is 0. The van der Waals surface area contributed by atoms with Crippen LogP contribution in [0.1, 0.15) is 0 Å². The average Bonchev–Trinajstić information content (AvgIpc) is 3.55. The third-order valence-corrected chi connectivity index (χ3v) is 9.97. The highest BCUT2D eigenvalue weighted by molar-refractivity contribution is 6.07. The summed E-state index contributed by atoms with van der Waals surface area (Å²) in [4.78, 5) is 2.36. The van der Waals surface area contributed by atoms with E-state index >= 15 is 0 Å². The summed E-state index contributed by atoms with van der Waals surface area (Å²) in [5.74, 6) is 0. The minimum Gasteiger partial charge on any atom is -0.456 e. The summed E-state index contributed by atoms with van der Waals surface area (Å²) < 4.78 is 6.20. The summed E-state index contributed by atoms with van der Waals surface area (Å²) in [5.41, 5.74) is 9.89. The quantitative estimate of drug-likeness (QED) is 0.187. The van der Waals surface area contributed by atoms with E-state index in [0.717, 1.165) is 39.0 Å². The molecular formula is C48H31NO. The Balaban J connectivity index is 1.07. The zero-order valence-corrected chi connectivity index (χ0v) is 27.3. The second kappa shape index (κ2) is 11.5. The molecule has 0 atom stereocenters. The molecule has 50 heavy (non-hydrogen) atoms. The second-order valence-corrected chi connectivity index (χ2v) is 13.0. The number of fused-ring (bicyclic) bond motifs is 6. The number of anilines is 3. The Morgan fingerprint density at radius 3 is 1.48 bits per heavy atom. The standard InChI is InChI=1S/C48H31NO/c1-3-10-34-26-38(17-16-32(34)8-1)40-21-20-39-27-37(18-19-41(39)28-40)36-12-7-13-42(30-36)49(43-23-22-33-9-2-4-11-35(33)29-43)44-24-25-48-46(31-44)45-14-5-6-15-47(45)50-48/h1-31H. The van der Waals surface area contributed by atoms with E-state index in [1.165, 1.54) is 54.6 Å². The van der Waals surface area contributed by atoms with Crippen molar-refractivity contribution in [1.29, 1.82) is 0 Å². The van der Waals surface area contributed by atoms with Crippen LogP contribution >= 0.6 is 0 Å². The Morgan fingerprint density at radius 2 is 0.760 bits per heavy atom. The van der Waals surface area contributed by atoms with E-state index in [4.69, 9.17) is 4.42 Å². The fourth-order valence-corrected chi connectivity index (χ4v) is 7.41. The topological polar surface area (TPSA) is 16.4 Å². The lowest BCUT2D eigenvalue weighted by Crippen LogP contribution is -2.10. The smallest absolute Gasteiger partial charge is 0.135 e. The Kier molecular flexibility index (Phi) is 6.53. The molecule has 1 aromatic heterocycles. The van der Waals surface area contributed by atoms with E-state index in [2.05, 4.69) is 181 Å². The molecule has 0 unspecified atom stereocenters. The van der Waals surface area contributed by atoms with Gasteiger partial charge in [0.2, 0.25) is 0 Å². The second-order valence-electron chi connectivity index (χ2n) is 13.0. The summed E-state index contributed by atoms with van der Waals surface area (Å²) >= 11 is 0. The van der Waals surface area contributed by atoms with Crippen molar-refractivity contribution in [3.05, 3.63) is 188 Å². The van der Waals surface area contributed by atoms with Crippen LogP contribution in [0.15, 0.2) is 192 Å². The first kappa shape index (κ1) is 28.4. The monoisotopic (exact) mass is 637 g/mol. The van der Waals surface area contributed by atoms with Gasteiger partial charge in [0.05, 0.1) is 0 Å². The van der Waals surface area contributed by atoms with Crippen LogP contribution in [0.3, 0.4) is 0 Å². The summed E-state index contributed by atoms with van der Waals surface area (Å²) in [5, 5.41) is 9.64. The van der Waals surface area contributed by atoms with Crippen molar-refractivity contribution in [3.63, 3.8) is 0 Å². The Bertz CT molecular complexity index is 2900. The van der Waals surface area contributed by atoms with E-state index in [9.17, 15) is 0 Å². The van der Waals surface area contributed by atoms with Gasteiger partial charge < -0.3 is 9.32 Å². The summed E-state index contributed by atoms with van der Waals surface area (Å²) in [6, 6.07) is 67.7. The molecule has 2 heteroatoms. The Morgan fingerprint density at radius 1 is 0.280 bits per heavy atom. The number of hydrogen-bond acceptors (Lipinski definition) is 2. The van der Waals surface area contributed by atoms with Gasteiger partial charge in [-0.2, -0.15) is 0 Å². The molecule has 0 radical (unpaired) electrons. The first-order chi connectivity index (χ1) is 24.7. The van der Waals surface area contributed by atoms with Crippen molar-refractivity contribution in [2.75, 3.05) is 4.90 Å². The molecule has 0 aliphatic carbocycles. The number of rotatable bonds is 5.